The smallest absolute Gasteiger partial charge is 0.466 e. The third kappa shape index (κ3) is 18.0. The summed E-state index contributed by atoms with van der Waals surface area (Å²) in [7, 11) is 7.80. The lowest BCUT2D eigenvalue weighted by Crippen LogP contribution is -2.42. The molecule has 0 atom stereocenters. The summed E-state index contributed by atoms with van der Waals surface area (Å²) in [4.78, 5) is 29.0. The molecule has 202 valence electrons. The molecule has 1 aromatic rings. The van der Waals surface area contributed by atoms with Gasteiger partial charge in [-0.2, -0.15) is 0 Å². The van der Waals surface area contributed by atoms with Crippen LogP contribution in [0.2, 0.25) is 6.04 Å². The highest BCUT2D eigenvalue weighted by Gasteiger charge is 2.36. The number of pyridine rings is 1. The van der Waals surface area contributed by atoms with E-state index in [9.17, 15) is 9.59 Å². The zero-order valence-electron chi connectivity index (χ0n) is 22.2. The number of esters is 1. The van der Waals surface area contributed by atoms with Crippen LogP contribution in [0.15, 0.2) is 29.4 Å². The third-order valence-corrected chi connectivity index (χ3v) is 9.98. The quantitative estimate of drug-likeness (QED) is 0.101. The molecule has 0 N–H and O–H groups in total. The van der Waals surface area contributed by atoms with Crippen LogP contribution in [0.25, 0.3) is 0 Å². The van der Waals surface area contributed by atoms with Gasteiger partial charge in [0.15, 0.2) is 0 Å². The molecule has 1 rings (SSSR count). The van der Waals surface area contributed by atoms with Crippen molar-refractivity contribution in [3.63, 3.8) is 0 Å². The number of nitrogens with zero attached hydrogens (tertiary/aromatic N) is 2. The summed E-state index contributed by atoms with van der Waals surface area (Å²) in [6.45, 7) is 6.23. The first-order valence-electron chi connectivity index (χ1n) is 12.1. The van der Waals surface area contributed by atoms with Crippen molar-refractivity contribution in [3.05, 3.63) is 24.4 Å². The molecule has 0 aliphatic rings. The Labute approximate surface area is 221 Å². The molecule has 0 bridgehead atoms. The van der Waals surface area contributed by atoms with Crippen molar-refractivity contribution in [2.45, 2.75) is 63.4 Å². The Morgan fingerprint density at radius 2 is 1.71 bits per heavy atom. The van der Waals surface area contributed by atoms with Gasteiger partial charge in [-0.15, -0.1) is 0 Å². The second-order valence-corrected chi connectivity index (χ2v) is 13.3. The molecule has 0 amide bonds. The largest absolute Gasteiger partial charge is 0.500 e. The fourth-order valence-electron chi connectivity index (χ4n) is 2.84. The predicted molar refractivity (Wildman–Crippen MR) is 147 cm³/mol. The zero-order chi connectivity index (χ0) is 26.4. The van der Waals surface area contributed by atoms with Crippen molar-refractivity contribution >= 4 is 42.1 Å². The molecule has 0 aliphatic heterocycles. The molecule has 1 aromatic heterocycles. The Bertz CT molecular complexity index is 660. The number of ether oxygens (including phenoxy) is 1. The van der Waals surface area contributed by atoms with Gasteiger partial charge in [-0.05, 0) is 49.2 Å². The molecular formula is C24H44N2O6S2Si. The Hall–Kier alpha value is -0.953. The molecule has 0 aromatic carbocycles. The Kier molecular flexibility index (Phi) is 21.7. The molecule has 0 saturated carbocycles. The summed E-state index contributed by atoms with van der Waals surface area (Å²) in [5, 5.41) is 1.03. The number of ketones is 1. The van der Waals surface area contributed by atoms with Gasteiger partial charge in [0.1, 0.15) is 10.8 Å². The zero-order valence-corrected chi connectivity index (χ0v) is 24.9. The van der Waals surface area contributed by atoms with Crippen LogP contribution in [0.3, 0.4) is 0 Å². The lowest BCUT2D eigenvalue weighted by molar-refractivity contribution is -0.144. The molecule has 0 aliphatic carbocycles. The summed E-state index contributed by atoms with van der Waals surface area (Å²) in [6.07, 6.45) is 6.11. The van der Waals surface area contributed by atoms with E-state index in [2.05, 4.69) is 9.88 Å². The summed E-state index contributed by atoms with van der Waals surface area (Å²) < 4.78 is 20.8. The van der Waals surface area contributed by atoms with Crippen molar-refractivity contribution in [1.29, 1.82) is 0 Å². The molecule has 1 heterocycles. The van der Waals surface area contributed by atoms with Crippen molar-refractivity contribution in [2.24, 2.45) is 0 Å². The van der Waals surface area contributed by atoms with Gasteiger partial charge in [0, 0.05) is 65.3 Å². The highest BCUT2D eigenvalue weighted by atomic mass is 33.1. The Morgan fingerprint density at radius 3 is 2.29 bits per heavy atom. The van der Waals surface area contributed by atoms with Crippen LogP contribution in [-0.4, -0.2) is 84.3 Å². The van der Waals surface area contributed by atoms with Crippen LogP contribution < -0.4 is 0 Å². The molecule has 0 saturated heterocycles. The fraction of sp³-hybridized carbons (Fsp3) is 0.708. The number of carbonyl (C=O) groups is 2. The van der Waals surface area contributed by atoms with Crippen LogP contribution >= 0.6 is 21.6 Å². The molecular weight excluding hydrogens is 504 g/mol. The van der Waals surface area contributed by atoms with Gasteiger partial charge in [-0.3, -0.25) is 9.59 Å². The number of Topliss-reactive ketones (excluding diaryl/α,β-unsaturated/α-hetero) is 1. The monoisotopic (exact) mass is 548 g/mol. The molecule has 8 nitrogen and oxygen atoms in total. The second kappa shape index (κ2) is 22.3. The number of hydrogen-bond acceptors (Lipinski definition) is 10. The van der Waals surface area contributed by atoms with Gasteiger partial charge in [0.25, 0.3) is 0 Å². The Balaban J connectivity index is 0.000000691. The normalized spacial score (nSPS) is 11.2. The number of aromatic nitrogens is 1. The third-order valence-electron chi connectivity index (χ3n) is 4.90. The van der Waals surface area contributed by atoms with E-state index in [-0.39, 0.29) is 5.97 Å². The van der Waals surface area contributed by atoms with Crippen molar-refractivity contribution < 1.29 is 27.6 Å². The predicted octanol–water partition coefficient (Wildman–Crippen LogP) is 5.11. The van der Waals surface area contributed by atoms with Crippen LogP contribution in [-0.2, 0) is 27.6 Å². The molecule has 0 unspecified atom stereocenters. The van der Waals surface area contributed by atoms with Gasteiger partial charge in [-0.25, -0.2) is 4.98 Å². The van der Waals surface area contributed by atoms with Crippen LogP contribution in [0, 0.1) is 0 Å². The maximum atomic E-state index is 11.4. The molecule has 11 heteroatoms. The minimum atomic E-state index is -2.46. The van der Waals surface area contributed by atoms with Crippen molar-refractivity contribution in [3.8, 4) is 0 Å². The van der Waals surface area contributed by atoms with E-state index in [1.807, 2.05) is 39.1 Å². The highest BCUT2D eigenvalue weighted by molar-refractivity contribution is 8.76. The van der Waals surface area contributed by atoms with Crippen LogP contribution in [0.5, 0.6) is 0 Å². The summed E-state index contributed by atoms with van der Waals surface area (Å²) >= 11 is 0. The minimum Gasteiger partial charge on any atom is -0.466 e. The van der Waals surface area contributed by atoms with E-state index in [0.29, 0.717) is 37.7 Å². The van der Waals surface area contributed by atoms with E-state index >= 15 is 0 Å². The van der Waals surface area contributed by atoms with Gasteiger partial charge in [0.2, 0.25) is 0 Å². The summed E-state index contributed by atoms with van der Waals surface area (Å²) in [5.74, 6) is 1.21. The van der Waals surface area contributed by atoms with Gasteiger partial charge < -0.3 is 22.9 Å². The van der Waals surface area contributed by atoms with Crippen molar-refractivity contribution in [2.75, 3.05) is 53.8 Å². The molecule has 0 spiro atoms. The summed E-state index contributed by atoms with van der Waals surface area (Å²) in [5.41, 5.74) is 0. The topological polar surface area (TPSA) is 87.2 Å². The first-order chi connectivity index (χ1) is 16.9. The standard InChI is InChI=1S/C14H22N2O2S2.C10H22O4Si/c1-3-11-18-14(17)7-9-16(2)10-12-19-20-13-6-4-5-8-15-13;1-5-7-10(11)8-6-9-15(12-2,13-3)14-4/h4-6,8H,3,7,9-12H2,1-2H3;5-9H2,1-4H3. The number of hydrogen-bond donors (Lipinski definition) is 0. The average molecular weight is 549 g/mol. The van der Waals surface area contributed by atoms with Gasteiger partial charge in [0.05, 0.1) is 13.0 Å². The van der Waals surface area contributed by atoms with Gasteiger partial charge in [-0.1, -0.05) is 30.7 Å². The minimum absolute atomic E-state index is 0.103. The SMILES string of the molecule is CCCC(=O)CCC[Si](OC)(OC)OC.CCCOC(=O)CCN(C)CCSSc1ccccn1. The average Bonchev–Trinajstić information content (AvgIpc) is 2.88. The summed E-state index contributed by atoms with van der Waals surface area (Å²) in [6, 6.07) is 6.61. The molecule has 0 radical (unpaired) electrons. The lowest BCUT2D eigenvalue weighted by atomic mass is 10.1. The van der Waals surface area contributed by atoms with E-state index < -0.39 is 8.80 Å². The maximum absolute atomic E-state index is 11.4. The first-order valence-corrected chi connectivity index (χ1v) is 16.3. The van der Waals surface area contributed by atoms with E-state index in [1.165, 1.54) is 0 Å². The van der Waals surface area contributed by atoms with Crippen molar-refractivity contribution in [1.82, 2.24) is 9.88 Å². The van der Waals surface area contributed by atoms with E-state index in [4.69, 9.17) is 18.0 Å². The Morgan fingerprint density at radius 1 is 1.00 bits per heavy atom. The van der Waals surface area contributed by atoms with E-state index in [0.717, 1.165) is 43.1 Å². The molecule has 35 heavy (non-hydrogen) atoms. The van der Waals surface area contributed by atoms with Gasteiger partial charge >= 0.3 is 14.8 Å². The first kappa shape index (κ1) is 34.0. The van der Waals surface area contributed by atoms with Crippen LogP contribution in [0.1, 0.15) is 52.4 Å². The lowest BCUT2D eigenvalue weighted by Gasteiger charge is -2.23. The molecule has 0 fully saturated rings. The number of rotatable bonds is 19. The maximum Gasteiger partial charge on any atom is 0.500 e. The fourth-order valence-corrected chi connectivity index (χ4v) is 6.52. The second-order valence-electron chi connectivity index (χ2n) is 7.78. The van der Waals surface area contributed by atoms with E-state index in [1.54, 1.807) is 49.1 Å². The highest BCUT2D eigenvalue weighted by Crippen LogP contribution is 2.28. The number of carbonyl (C=O) groups excluding carboxylic acids is 2. The van der Waals surface area contributed by atoms with Crippen LogP contribution in [0.4, 0.5) is 0 Å².